The number of hydrogen-bond donors (Lipinski definition) is 4. The zero-order chi connectivity index (χ0) is 27.2. The lowest BCUT2D eigenvalue weighted by molar-refractivity contribution is -0.142. The SMILES string of the molecule is CC(N)(Cc1ccc(O)c(O)c1)C(=O)O.CN(C)CCCN1c2ccccc2CCc2ccc(Cl)cc21.Cl. The lowest BCUT2D eigenvalue weighted by Gasteiger charge is -2.27. The standard InChI is InChI=1S/C19H23ClN2.C10H13NO4.ClH/c1-21(2)12-5-13-22-18-7-4-3-6-15(18)8-9-16-10-11-17(20)14-19(16)22;1-10(11,9(14)15)5-6-2-3-7(12)8(13)4-6;/h3-4,6-7,10-11,14H,5,8-9,12-13H2,1-2H3;2-4,12-13H,5,11H2,1H3,(H,14,15);1H. The molecule has 0 saturated carbocycles. The Morgan fingerprint density at radius 1 is 1.00 bits per heavy atom. The van der Waals surface area contributed by atoms with E-state index in [1.54, 1.807) is 0 Å². The van der Waals surface area contributed by atoms with E-state index in [9.17, 15) is 9.90 Å². The number of para-hydroxylation sites is 1. The largest absolute Gasteiger partial charge is 0.504 e. The number of aromatic hydroxyl groups is 2. The van der Waals surface area contributed by atoms with E-state index in [0.717, 1.165) is 37.4 Å². The van der Waals surface area contributed by atoms with E-state index in [1.165, 1.54) is 47.6 Å². The molecule has 0 radical (unpaired) electrons. The number of nitrogens with zero attached hydrogens (tertiary/aromatic N) is 2. The number of carboxylic acid groups (broad SMARTS) is 1. The Kier molecular flexibility index (Phi) is 11.3. The van der Waals surface area contributed by atoms with Crippen molar-refractivity contribution in [1.82, 2.24) is 4.90 Å². The fourth-order valence-corrected chi connectivity index (χ4v) is 4.52. The van der Waals surface area contributed by atoms with Gasteiger partial charge in [-0.3, -0.25) is 4.79 Å². The predicted octanol–water partition coefficient (Wildman–Crippen LogP) is 5.39. The van der Waals surface area contributed by atoms with Crippen LogP contribution in [-0.2, 0) is 24.1 Å². The van der Waals surface area contributed by atoms with Crippen molar-refractivity contribution in [1.29, 1.82) is 0 Å². The summed E-state index contributed by atoms with van der Waals surface area (Å²) in [4.78, 5) is 15.4. The van der Waals surface area contributed by atoms with Crippen molar-refractivity contribution in [3.63, 3.8) is 0 Å². The molecule has 5 N–H and O–H groups in total. The number of carbonyl (C=O) groups is 1. The number of rotatable bonds is 7. The second-order valence-electron chi connectivity index (χ2n) is 9.93. The Morgan fingerprint density at radius 2 is 1.66 bits per heavy atom. The highest BCUT2D eigenvalue weighted by Gasteiger charge is 2.28. The van der Waals surface area contributed by atoms with Gasteiger partial charge in [-0.05, 0) is 93.8 Å². The van der Waals surface area contributed by atoms with E-state index >= 15 is 0 Å². The van der Waals surface area contributed by atoms with Gasteiger partial charge in [-0.1, -0.05) is 41.9 Å². The minimum absolute atomic E-state index is 0. The average Bonchev–Trinajstić information content (AvgIpc) is 2.98. The summed E-state index contributed by atoms with van der Waals surface area (Å²) < 4.78 is 0. The van der Waals surface area contributed by atoms with Crippen LogP contribution in [0.4, 0.5) is 11.4 Å². The minimum Gasteiger partial charge on any atom is -0.504 e. The van der Waals surface area contributed by atoms with Gasteiger partial charge in [0.2, 0.25) is 0 Å². The first-order valence-electron chi connectivity index (χ1n) is 12.3. The van der Waals surface area contributed by atoms with Crippen molar-refractivity contribution in [2.45, 2.75) is 38.1 Å². The van der Waals surface area contributed by atoms with Gasteiger partial charge < -0.3 is 30.9 Å². The second-order valence-corrected chi connectivity index (χ2v) is 10.4. The summed E-state index contributed by atoms with van der Waals surface area (Å²) >= 11 is 6.27. The number of nitrogens with two attached hydrogens (primary N) is 1. The molecular weight excluding hydrogens is 525 g/mol. The number of phenols is 2. The van der Waals surface area contributed by atoms with Crippen molar-refractivity contribution >= 4 is 41.4 Å². The fourth-order valence-electron chi connectivity index (χ4n) is 4.35. The van der Waals surface area contributed by atoms with Crippen LogP contribution in [0.2, 0.25) is 5.02 Å². The van der Waals surface area contributed by atoms with Gasteiger partial charge in [0.15, 0.2) is 11.5 Å². The van der Waals surface area contributed by atoms with Crippen LogP contribution in [0.1, 0.15) is 30.0 Å². The smallest absolute Gasteiger partial charge is 0.323 e. The molecule has 4 rings (SSSR count). The van der Waals surface area contributed by atoms with Crippen LogP contribution in [-0.4, -0.2) is 58.9 Å². The summed E-state index contributed by atoms with van der Waals surface area (Å²) in [5.41, 5.74) is 10.1. The van der Waals surface area contributed by atoms with Gasteiger partial charge in [-0.15, -0.1) is 12.4 Å². The number of aryl methyl sites for hydroxylation is 2. The zero-order valence-electron chi connectivity index (χ0n) is 22.0. The van der Waals surface area contributed by atoms with E-state index in [2.05, 4.69) is 60.3 Å². The van der Waals surface area contributed by atoms with Gasteiger partial charge in [0.1, 0.15) is 5.54 Å². The van der Waals surface area contributed by atoms with Gasteiger partial charge in [0.05, 0.1) is 0 Å². The number of halogens is 2. The van der Waals surface area contributed by atoms with Crippen LogP contribution >= 0.6 is 24.0 Å². The van der Waals surface area contributed by atoms with Crippen LogP contribution < -0.4 is 10.6 Å². The number of anilines is 2. The van der Waals surface area contributed by atoms with Crippen molar-refractivity contribution in [3.05, 3.63) is 82.4 Å². The van der Waals surface area contributed by atoms with E-state index in [4.69, 9.17) is 27.5 Å². The molecule has 1 aliphatic rings. The highest BCUT2D eigenvalue weighted by atomic mass is 35.5. The molecular formula is C29H37Cl2N3O4. The third-order valence-corrected chi connectivity index (χ3v) is 6.61. The van der Waals surface area contributed by atoms with E-state index in [0.29, 0.717) is 5.56 Å². The molecule has 1 atom stereocenters. The number of fused-ring (bicyclic) bond motifs is 2. The maximum Gasteiger partial charge on any atom is 0.323 e. The van der Waals surface area contributed by atoms with Crippen LogP contribution in [0, 0.1) is 0 Å². The molecule has 38 heavy (non-hydrogen) atoms. The summed E-state index contributed by atoms with van der Waals surface area (Å²) in [6.45, 7) is 3.50. The highest BCUT2D eigenvalue weighted by Crippen LogP contribution is 2.37. The van der Waals surface area contributed by atoms with Crippen LogP contribution in [0.5, 0.6) is 11.5 Å². The summed E-state index contributed by atoms with van der Waals surface area (Å²) in [7, 11) is 4.25. The topological polar surface area (TPSA) is 110 Å². The average molecular weight is 563 g/mol. The summed E-state index contributed by atoms with van der Waals surface area (Å²) in [6, 6.07) is 19.2. The molecule has 0 amide bonds. The van der Waals surface area contributed by atoms with Gasteiger partial charge in [0.25, 0.3) is 0 Å². The predicted molar refractivity (Wildman–Crippen MR) is 156 cm³/mol. The van der Waals surface area contributed by atoms with Gasteiger partial charge >= 0.3 is 5.97 Å². The first-order valence-corrected chi connectivity index (χ1v) is 12.7. The molecule has 1 aliphatic heterocycles. The first-order chi connectivity index (χ1) is 17.5. The molecule has 3 aromatic rings. The number of benzene rings is 3. The first kappa shape index (κ1) is 31.2. The Hall–Kier alpha value is -2.97. The Morgan fingerprint density at radius 3 is 2.29 bits per heavy atom. The maximum atomic E-state index is 10.7. The molecule has 0 aromatic heterocycles. The van der Waals surface area contributed by atoms with E-state index in [-0.39, 0.29) is 30.3 Å². The minimum atomic E-state index is -1.39. The maximum absolute atomic E-state index is 10.7. The Balaban J connectivity index is 0.000000280. The zero-order valence-corrected chi connectivity index (χ0v) is 23.6. The molecule has 0 spiro atoms. The van der Waals surface area contributed by atoms with Crippen molar-refractivity contribution in [2.24, 2.45) is 5.73 Å². The molecule has 206 valence electrons. The molecule has 0 aliphatic carbocycles. The molecule has 9 heteroatoms. The van der Waals surface area contributed by atoms with Crippen LogP contribution in [0.25, 0.3) is 0 Å². The van der Waals surface area contributed by atoms with Gasteiger partial charge in [-0.2, -0.15) is 0 Å². The van der Waals surface area contributed by atoms with Crippen molar-refractivity contribution < 1.29 is 20.1 Å². The monoisotopic (exact) mass is 561 g/mol. The van der Waals surface area contributed by atoms with Gasteiger partial charge in [-0.25, -0.2) is 0 Å². The molecule has 3 aromatic carbocycles. The number of carboxylic acids is 1. The number of aliphatic carboxylic acids is 1. The molecule has 7 nitrogen and oxygen atoms in total. The second kappa shape index (κ2) is 13.7. The third-order valence-electron chi connectivity index (χ3n) is 6.37. The van der Waals surface area contributed by atoms with Gasteiger partial charge in [0, 0.05) is 29.4 Å². The van der Waals surface area contributed by atoms with Crippen molar-refractivity contribution in [2.75, 3.05) is 32.1 Å². The normalized spacial score (nSPS) is 13.7. The van der Waals surface area contributed by atoms with E-state index in [1.807, 2.05) is 6.07 Å². The summed E-state index contributed by atoms with van der Waals surface area (Å²) in [5.74, 6) is -1.64. The lowest BCUT2D eigenvalue weighted by atomic mass is 9.94. The number of hydrogen-bond acceptors (Lipinski definition) is 6. The molecule has 1 heterocycles. The summed E-state index contributed by atoms with van der Waals surface area (Å²) in [6.07, 6.45) is 3.38. The molecule has 1 unspecified atom stereocenters. The molecule has 0 fully saturated rings. The highest BCUT2D eigenvalue weighted by molar-refractivity contribution is 6.30. The molecule has 0 bridgehead atoms. The van der Waals surface area contributed by atoms with Crippen LogP contribution in [0.3, 0.4) is 0 Å². The lowest BCUT2D eigenvalue weighted by Crippen LogP contribution is -2.46. The quantitative estimate of drug-likeness (QED) is 0.286. The van der Waals surface area contributed by atoms with Crippen LogP contribution in [0.15, 0.2) is 60.7 Å². The number of phenolic OH excluding ortho intramolecular Hbond substituents is 2. The van der Waals surface area contributed by atoms with E-state index < -0.39 is 11.5 Å². The summed E-state index contributed by atoms with van der Waals surface area (Å²) in [5, 5.41) is 27.9. The molecule has 0 saturated heterocycles. The Labute approximate surface area is 235 Å². The Bertz CT molecular complexity index is 1230. The fraction of sp³-hybridized carbons (Fsp3) is 0.345. The van der Waals surface area contributed by atoms with Crippen molar-refractivity contribution in [3.8, 4) is 11.5 Å². The third kappa shape index (κ3) is 8.27.